The van der Waals surface area contributed by atoms with Gasteiger partial charge in [0.05, 0.1) is 17.7 Å². The van der Waals surface area contributed by atoms with Crippen molar-refractivity contribution in [3.05, 3.63) is 35.0 Å². The molecule has 0 unspecified atom stereocenters. The third-order valence-corrected chi connectivity index (χ3v) is 3.42. The van der Waals surface area contributed by atoms with Gasteiger partial charge in [0.25, 0.3) is 0 Å². The molecule has 0 saturated carbocycles. The first-order valence-corrected chi connectivity index (χ1v) is 7.33. The van der Waals surface area contributed by atoms with Gasteiger partial charge in [-0.15, -0.1) is 0 Å². The molecule has 1 heterocycles. The molecule has 5 nitrogen and oxygen atoms in total. The summed E-state index contributed by atoms with van der Waals surface area (Å²) in [5.41, 5.74) is 1.61. The maximum atomic E-state index is 11.8. The lowest BCUT2D eigenvalue weighted by atomic mass is 9.98. The van der Waals surface area contributed by atoms with Crippen molar-refractivity contribution in [1.82, 2.24) is 4.98 Å². The highest BCUT2D eigenvalue weighted by Crippen LogP contribution is 2.32. The van der Waals surface area contributed by atoms with Gasteiger partial charge in [-0.1, -0.05) is 19.4 Å². The summed E-state index contributed by atoms with van der Waals surface area (Å²) in [4.78, 5) is 27.8. The molecule has 0 fully saturated rings. The van der Waals surface area contributed by atoms with Gasteiger partial charge in [-0.05, 0) is 32.4 Å². The average Bonchev–Trinajstić information content (AvgIpc) is 2.49. The van der Waals surface area contributed by atoms with Crippen molar-refractivity contribution in [2.75, 3.05) is 6.61 Å². The van der Waals surface area contributed by atoms with Crippen LogP contribution in [-0.2, 0) is 11.2 Å². The number of aromatic hydroxyl groups is 1. The second-order valence-electron chi connectivity index (χ2n) is 5.05. The van der Waals surface area contributed by atoms with Gasteiger partial charge in [0.15, 0.2) is 5.78 Å². The lowest BCUT2D eigenvalue weighted by Gasteiger charge is -2.12. The van der Waals surface area contributed by atoms with E-state index in [1.807, 2.05) is 6.92 Å². The van der Waals surface area contributed by atoms with Crippen LogP contribution in [0.1, 0.15) is 53.6 Å². The fraction of sp³-hybridized carbons (Fsp3) is 0.353. The second kappa shape index (κ2) is 6.56. The third kappa shape index (κ3) is 2.93. The van der Waals surface area contributed by atoms with E-state index in [0.717, 1.165) is 11.8 Å². The monoisotopic (exact) mass is 301 g/mol. The van der Waals surface area contributed by atoms with E-state index in [4.69, 9.17) is 4.74 Å². The molecule has 1 aromatic heterocycles. The van der Waals surface area contributed by atoms with Crippen LogP contribution in [0.5, 0.6) is 5.75 Å². The van der Waals surface area contributed by atoms with Crippen LogP contribution in [0.15, 0.2) is 18.2 Å². The lowest BCUT2D eigenvalue weighted by Crippen LogP contribution is -2.08. The van der Waals surface area contributed by atoms with Gasteiger partial charge in [-0.3, -0.25) is 4.79 Å². The first-order valence-electron chi connectivity index (χ1n) is 7.33. The summed E-state index contributed by atoms with van der Waals surface area (Å²) in [6, 6.07) is 4.89. The maximum Gasteiger partial charge on any atom is 0.356 e. The Morgan fingerprint density at radius 2 is 2.00 bits per heavy atom. The predicted molar refractivity (Wildman–Crippen MR) is 83.4 cm³/mol. The highest BCUT2D eigenvalue weighted by molar-refractivity contribution is 6.02. The molecule has 0 spiro atoms. The molecule has 0 saturated heterocycles. The Morgan fingerprint density at radius 1 is 1.27 bits per heavy atom. The third-order valence-electron chi connectivity index (χ3n) is 3.42. The zero-order valence-corrected chi connectivity index (χ0v) is 13.0. The molecule has 1 aromatic carbocycles. The minimum absolute atomic E-state index is 0.0460. The first kappa shape index (κ1) is 15.9. The van der Waals surface area contributed by atoms with E-state index in [9.17, 15) is 14.7 Å². The predicted octanol–water partition coefficient (Wildman–Crippen LogP) is 3.27. The minimum Gasteiger partial charge on any atom is -0.507 e. The van der Waals surface area contributed by atoms with Gasteiger partial charge >= 0.3 is 5.97 Å². The second-order valence-corrected chi connectivity index (χ2v) is 5.05. The van der Waals surface area contributed by atoms with Crippen LogP contribution < -0.4 is 0 Å². The number of aromatic nitrogens is 1. The first-order chi connectivity index (χ1) is 10.5. The van der Waals surface area contributed by atoms with E-state index in [0.29, 0.717) is 17.5 Å². The van der Waals surface area contributed by atoms with Crippen molar-refractivity contribution in [3.63, 3.8) is 0 Å². The van der Waals surface area contributed by atoms with E-state index in [-0.39, 0.29) is 29.4 Å². The van der Waals surface area contributed by atoms with Crippen LogP contribution in [0.25, 0.3) is 10.9 Å². The van der Waals surface area contributed by atoms with Crippen LogP contribution in [-0.4, -0.2) is 28.4 Å². The number of benzene rings is 1. The number of esters is 1. The zero-order chi connectivity index (χ0) is 16.3. The number of pyridine rings is 1. The van der Waals surface area contributed by atoms with Crippen molar-refractivity contribution in [3.8, 4) is 5.75 Å². The highest BCUT2D eigenvalue weighted by atomic mass is 16.5. The van der Waals surface area contributed by atoms with Crippen molar-refractivity contribution >= 4 is 22.7 Å². The highest BCUT2D eigenvalue weighted by Gasteiger charge is 2.18. The number of carbonyl (C=O) groups excluding carboxylic acids is 2. The van der Waals surface area contributed by atoms with Gasteiger partial charge in [-0.25, -0.2) is 9.78 Å². The number of phenols is 1. The molecular weight excluding hydrogens is 282 g/mol. The van der Waals surface area contributed by atoms with Crippen molar-refractivity contribution in [2.24, 2.45) is 0 Å². The summed E-state index contributed by atoms with van der Waals surface area (Å²) in [7, 11) is 0. The molecule has 0 aliphatic heterocycles. The van der Waals surface area contributed by atoms with Crippen LogP contribution in [0, 0.1) is 0 Å². The number of rotatable bonds is 5. The average molecular weight is 301 g/mol. The number of ether oxygens (including phenoxy) is 1. The Hall–Kier alpha value is -2.43. The van der Waals surface area contributed by atoms with Crippen molar-refractivity contribution in [2.45, 2.75) is 33.6 Å². The molecule has 0 amide bonds. The van der Waals surface area contributed by atoms with Gasteiger partial charge < -0.3 is 9.84 Å². The molecule has 0 bridgehead atoms. The number of fused-ring (bicyclic) bond motifs is 1. The fourth-order valence-corrected chi connectivity index (χ4v) is 2.40. The summed E-state index contributed by atoms with van der Waals surface area (Å²) in [6.45, 7) is 5.39. The Balaban J connectivity index is 2.69. The summed E-state index contributed by atoms with van der Waals surface area (Å²) in [5.74, 6) is -0.747. The fourth-order valence-electron chi connectivity index (χ4n) is 2.40. The minimum atomic E-state index is -0.498. The smallest absolute Gasteiger partial charge is 0.356 e. The Kier molecular flexibility index (Phi) is 4.75. The molecule has 0 radical (unpaired) electrons. The van der Waals surface area contributed by atoms with E-state index in [2.05, 4.69) is 4.98 Å². The van der Waals surface area contributed by atoms with Crippen molar-refractivity contribution in [1.29, 1.82) is 0 Å². The molecule has 2 aromatic rings. The molecule has 116 valence electrons. The van der Waals surface area contributed by atoms with E-state index >= 15 is 0 Å². The van der Waals surface area contributed by atoms with E-state index in [1.165, 1.54) is 6.92 Å². The van der Waals surface area contributed by atoms with Crippen LogP contribution in [0.3, 0.4) is 0 Å². The molecule has 1 N–H and O–H groups in total. The van der Waals surface area contributed by atoms with Crippen molar-refractivity contribution < 1.29 is 19.4 Å². The quantitative estimate of drug-likeness (QED) is 0.677. The largest absolute Gasteiger partial charge is 0.507 e. The van der Waals surface area contributed by atoms with E-state index in [1.54, 1.807) is 25.1 Å². The van der Waals surface area contributed by atoms with Gasteiger partial charge in [0.1, 0.15) is 11.4 Å². The summed E-state index contributed by atoms with van der Waals surface area (Å²) < 4.78 is 4.95. The molecule has 0 aliphatic carbocycles. The molecule has 2 rings (SSSR count). The maximum absolute atomic E-state index is 11.8. The summed E-state index contributed by atoms with van der Waals surface area (Å²) in [6.07, 6.45) is 1.36. The molecule has 0 atom stereocenters. The zero-order valence-electron chi connectivity index (χ0n) is 13.0. The van der Waals surface area contributed by atoms with Crippen LogP contribution in [0.2, 0.25) is 0 Å². The molecular formula is C17H19NO4. The summed E-state index contributed by atoms with van der Waals surface area (Å²) >= 11 is 0. The number of nitrogens with zero attached hydrogens (tertiary/aromatic N) is 1. The lowest BCUT2D eigenvalue weighted by molar-refractivity contribution is 0.0520. The van der Waals surface area contributed by atoms with Gasteiger partial charge in [-0.2, -0.15) is 0 Å². The number of Topliss-reactive ketones (excluding diaryl/α,β-unsaturated/α-hetero) is 1. The number of hydrogen-bond acceptors (Lipinski definition) is 5. The van der Waals surface area contributed by atoms with E-state index < -0.39 is 5.97 Å². The Morgan fingerprint density at radius 3 is 2.59 bits per heavy atom. The Labute approximate surface area is 128 Å². The van der Waals surface area contributed by atoms with Crippen LogP contribution >= 0.6 is 0 Å². The normalized spacial score (nSPS) is 10.7. The van der Waals surface area contributed by atoms with Gasteiger partial charge in [0, 0.05) is 10.9 Å². The Bertz CT molecular complexity index is 737. The number of aryl methyl sites for hydroxylation is 1. The standard InChI is InChI=1S/C17H19NO4/c1-4-6-12-15-11(9-13(10(3)19)16(12)20)7-8-14(18-15)17(21)22-5-2/h7-9,20H,4-6H2,1-3H3. The number of hydrogen-bond donors (Lipinski definition) is 1. The number of ketones is 1. The molecule has 5 heteroatoms. The topological polar surface area (TPSA) is 76.5 Å². The molecule has 0 aliphatic rings. The van der Waals surface area contributed by atoms with Crippen LogP contribution in [0.4, 0.5) is 0 Å². The number of phenolic OH excluding ortho intramolecular Hbond substituents is 1. The van der Waals surface area contributed by atoms with Gasteiger partial charge in [0.2, 0.25) is 0 Å². The number of carbonyl (C=O) groups is 2. The summed E-state index contributed by atoms with van der Waals surface area (Å²) in [5, 5.41) is 11.1. The SMILES string of the molecule is CCCc1c(O)c(C(C)=O)cc2ccc(C(=O)OCC)nc12. The molecule has 22 heavy (non-hydrogen) atoms.